The standard InChI is InChI=1S/C20H22ClN3O/c1-13-9-10-24-16(11-13)22-18(14-5-7-15(21)8-6-14)19(24)23-17(25)12-20(2,3)4/h5-11H,12H2,1-4H3,(H,23,25). The van der Waals surface area contributed by atoms with Crippen LogP contribution in [0.4, 0.5) is 5.82 Å². The van der Waals surface area contributed by atoms with E-state index in [0.717, 1.165) is 22.5 Å². The van der Waals surface area contributed by atoms with E-state index in [1.54, 1.807) is 0 Å². The molecule has 0 spiro atoms. The number of amides is 1. The predicted octanol–water partition coefficient (Wildman–Crippen LogP) is 5.34. The lowest BCUT2D eigenvalue weighted by molar-refractivity contribution is -0.117. The highest BCUT2D eigenvalue weighted by molar-refractivity contribution is 6.30. The fraction of sp³-hybridized carbons (Fsp3) is 0.300. The number of carbonyl (C=O) groups is 1. The van der Waals surface area contributed by atoms with Gasteiger partial charge in [0, 0.05) is 23.2 Å². The summed E-state index contributed by atoms with van der Waals surface area (Å²) in [6.07, 6.45) is 2.37. The number of hydrogen-bond donors (Lipinski definition) is 1. The largest absolute Gasteiger partial charge is 0.310 e. The first-order valence-electron chi connectivity index (χ1n) is 8.27. The number of halogens is 1. The minimum absolute atomic E-state index is 0.0231. The number of anilines is 1. The molecule has 0 aliphatic carbocycles. The van der Waals surface area contributed by atoms with Crippen LogP contribution < -0.4 is 5.32 Å². The molecule has 0 unspecified atom stereocenters. The van der Waals surface area contributed by atoms with E-state index in [1.807, 2.05) is 74.7 Å². The molecule has 0 radical (unpaired) electrons. The van der Waals surface area contributed by atoms with Crippen molar-refractivity contribution in [2.24, 2.45) is 5.41 Å². The number of rotatable bonds is 3. The number of fused-ring (bicyclic) bond motifs is 1. The zero-order chi connectivity index (χ0) is 18.2. The fourth-order valence-electron chi connectivity index (χ4n) is 2.73. The third kappa shape index (κ3) is 4.02. The molecule has 4 nitrogen and oxygen atoms in total. The molecular weight excluding hydrogens is 334 g/mol. The highest BCUT2D eigenvalue weighted by Gasteiger charge is 2.20. The number of benzene rings is 1. The maximum Gasteiger partial charge on any atom is 0.226 e. The van der Waals surface area contributed by atoms with Gasteiger partial charge in [-0.1, -0.05) is 44.5 Å². The lowest BCUT2D eigenvalue weighted by Crippen LogP contribution is -2.20. The van der Waals surface area contributed by atoms with Gasteiger partial charge in [0.25, 0.3) is 0 Å². The Morgan fingerprint density at radius 3 is 2.52 bits per heavy atom. The Hall–Kier alpha value is -2.33. The molecule has 0 aliphatic rings. The number of hydrogen-bond acceptors (Lipinski definition) is 2. The van der Waals surface area contributed by atoms with Crippen LogP contribution in [-0.4, -0.2) is 15.3 Å². The Bertz CT molecular complexity index is 921. The summed E-state index contributed by atoms with van der Waals surface area (Å²) in [6, 6.07) is 11.5. The van der Waals surface area contributed by atoms with E-state index in [2.05, 4.69) is 5.32 Å². The van der Waals surface area contributed by atoms with Gasteiger partial charge in [-0.2, -0.15) is 0 Å². The van der Waals surface area contributed by atoms with Crippen molar-refractivity contribution in [3.05, 3.63) is 53.2 Å². The molecule has 0 saturated carbocycles. The zero-order valence-corrected chi connectivity index (χ0v) is 15.7. The number of nitrogens with one attached hydrogen (secondary N) is 1. The number of aromatic nitrogens is 2. The van der Waals surface area contributed by atoms with E-state index >= 15 is 0 Å². The van der Waals surface area contributed by atoms with Gasteiger partial charge in [-0.25, -0.2) is 4.98 Å². The smallest absolute Gasteiger partial charge is 0.226 e. The zero-order valence-electron chi connectivity index (χ0n) is 14.9. The molecule has 1 N–H and O–H groups in total. The Morgan fingerprint density at radius 2 is 1.88 bits per heavy atom. The number of nitrogens with zero attached hydrogens (tertiary/aromatic N) is 2. The highest BCUT2D eigenvalue weighted by atomic mass is 35.5. The Kier molecular flexibility index (Phi) is 4.56. The Morgan fingerprint density at radius 1 is 1.20 bits per heavy atom. The normalized spacial score (nSPS) is 11.7. The van der Waals surface area contributed by atoms with Gasteiger partial charge >= 0.3 is 0 Å². The molecule has 0 atom stereocenters. The average Bonchev–Trinajstić information content (AvgIpc) is 2.83. The molecule has 2 heterocycles. The van der Waals surface area contributed by atoms with Crippen LogP contribution >= 0.6 is 11.6 Å². The quantitative estimate of drug-likeness (QED) is 0.689. The molecule has 2 aromatic heterocycles. The minimum Gasteiger partial charge on any atom is -0.310 e. The second-order valence-electron chi connectivity index (χ2n) is 7.53. The van der Waals surface area contributed by atoms with Crippen molar-refractivity contribution in [3.8, 4) is 11.3 Å². The lowest BCUT2D eigenvalue weighted by atomic mass is 9.92. The van der Waals surface area contributed by atoms with Gasteiger partial charge in [0.15, 0.2) is 0 Å². The average molecular weight is 356 g/mol. The van der Waals surface area contributed by atoms with Crippen LogP contribution in [0, 0.1) is 12.3 Å². The first kappa shape index (κ1) is 17.5. The van der Waals surface area contributed by atoms with Crippen molar-refractivity contribution in [1.29, 1.82) is 0 Å². The number of imidazole rings is 1. The second-order valence-corrected chi connectivity index (χ2v) is 7.97. The molecule has 5 heteroatoms. The van der Waals surface area contributed by atoms with E-state index in [1.165, 1.54) is 0 Å². The number of pyridine rings is 1. The summed E-state index contributed by atoms with van der Waals surface area (Å²) in [7, 11) is 0. The summed E-state index contributed by atoms with van der Waals surface area (Å²) in [5.74, 6) is 0.664. The van der Waals surface area contributed by atoms with Crippen molar-refractivity contribution in [3.63, 3.8) is 0 Å². The van der Waals surface area contributed by atoms with E-state index in [9.17, 15) is 4.79 Å². The summed E-state index contributed by atoms with van der Waals surface area (Å²) in [6.45, 7) is 8.16. The molecule has 25 heavy (non-hydrogen) atoms. The maximum absolute atomic E-state index is 12.5. The highest BCUT2D eigenvalue weighted by Crippen LogP contribution is 2.31. The van der Waals surface area contributed by atoms with Gasteiger partial charge in [0.1, 0.15) is 17.2 Å². The van der Waals surface area contributed by atoms with E-state index < -0.39 is 0 Å². The number of carbonyl (C=O) groups excluding carboxylic acids is 1. The van der Waals surface area contributed by atoms with Gasteiger partial charge in [-0.15, -0.1) is 0 Å². The van der Waals surface area contributed by atoms with Crippen molar-refractivity contribution < 1.29 is 4.79 Å². The van der Waals surface area contributed by atoms with Gasteiger partial charge in [-0.3, -0.25) is 9.20 Å². The molecule has 0 bridgehead atoms. The topological polar surface area (TPSA) is 46.4 Å². The second kappa shape index (κ2) is 6.52. The van der Waals surface area contributed by atoms with Crippen LogP contribution in [0.2, 0.25) is 5.02 Å². The van der Waals surface area contributed by atoms with Gasteiger partial charge in [-0.05, 0) is 42.2 Å². The molecule has 0 saturated heterocycles. The van der Waals surface area contributed by atoms with E-state index in [0.29, 0.717) is 17.3 Å². The minimum atomic E-state index is -0.0817. The molecule has 1 amide bonds. The first-order chi connectivity index (χ1) is 11.7. The number of aryl methyl sites for hydroxylation is 1. The van der Waals surface area contributed by atoms with E-state index in [4.69, 9.17) is 16.6 Å². The SMILES string of the molecule is Cc1ccn2c(NC(=O)CC(C)(C)C)c(-c3ccc(Cl)cc3)nc2c1. The summed E-state index contributed by atoms with van der Waals surface area (Å²) >= 11 is 6.00. The molecule has 1 aromatic carbocycles. The van der Waals surface area contributed by atoms with Crippen molar-refractivity contribution in [2.75, 3.05) is 5.32 Å². The molecular formula is C20H22ClN3O. The summed E-state index contributed by atoms with van der Waals surface area (Å²) < 4.78 is 1.91. The first-order valence-corrected chi connectivity index (χ1v) is 8.65. The summed E-state index contributed by atoms with van der Waals surface area (Å²) in [5.41, 5.74) is 3.49. The predicted molar refractivity (Wildman–Crippen MR) is 103 cm³/mol. The fourth-order valence-corrected chi connectivity index (χ4v) is 2.86. The molecule has 130 valence electrons. The van der Waals surface area contributed by atoms with Crippen LogP contribution in [0.25, 0.3) is 16.9 Å². The van der Waals surface area contributed by atoms with Crippen molar-refractivity contribution >= 4 is 29.0 Å². The van der Waals surface area contributed by atoms with Crippen molar-refractivity contribution in [2.45, 2.75) is 34.1 Å². The Labute approximate surface area is 152 Å². The summed E-state index contributed by atoms with van der Waals surface area (Å²) in [5, 5.41) is 3.72. The van der Waals surface area contributed by atoms with Gasteiger partial charge < -0.3 is 5.32 Å². The van der Waals surface area contributed by atoms with Crippen LogP contribution in [0.5, 0.6) is 0 Å². The Balaban J connectivity index is 2.09. The molecule has 3 aromatic rings. The summed E-state index contributed by atoms with van der Waals surface area (Å²) in [4.78, 5) is 17.2. The van der Waals surface area contributed by atoms with Gasteiger partial charge in [0.05, 0.1) is 0 Å². The van der Waals surface area contributed by atoms with Crippen LogP contribution in [-0.2, 0) is 4.79 Å². The van der Waals surface area contributed by atoms with Crippen molar-refractivity contribution in [1.82, 2.24) is 9.38 Å². The molecule has 0 aliphatic heterocycles. The van der Waals surface area contributed by atoms with Crippen LogP contribution in [0.15, 0.2) is 42.6 Å². The van der Waals surface area contributed by atoms with E-state index in [-0.39, 0.29) is 11.3 Å². The van der Waals surface area contributed by atoms with Crippen LogP contribution in [0.3, 0.4) is 0 Å². The van der Waals surface area contributed by atoms with Gasteiger partial charge in [0.2, 0.25) is 5.91 Å². The monoisotopic (exact) mass is 355 g/mol. The third-order valence-electron chi connectivity index (χ3n) is 3.85. The lowest BCUT2D eigenvalue weighted by Gasteiger charge is -2.17. The molecule has 3 rings (SSSR count). The molecule has 0 fully saturated rings. The van der Waals surface area contributed by atoms with Crippen LogP contribution in [0.1, 0.15) is 32.8 Å². The maximum atomic E-state index is 12.5. The third-order valence-corrected chi connectivity index (χ3v) is 4.10.